The van der Waals surface area contributed by atoms with Crippen LogP contribution in [0.4, 0.5) is 0 Å². The van der Waals surface area contributed by atoms with Crippen LogP contribution in [0.1, 0.15) is 0 Å². The van der Waals surface area contributed by atoms with Gasteiger partial charge in [-0.3, -0.25) is 10.1 Å². The summed E-state index contributed by atoms with van der Waals surface area (Å²) in [7, 11) is 1.65. The predicted molar refractivity (Wildman–Crippen MR) is 103 cm³/mol. The molecule has 126 valence electrons. The largest absolute Gasteiger partial charge is 0.495 e. The average molecular weight is 340 g/mol. The molecule has 5 nitrogen and oxygen atoms in total. The summed E-state index contributed by atoms with van der Waals surface area (Å²) in [4.78, 5) is 7.71. The van der Waals surface area contributed by atoms with Gasteiger partial charge >= 0.3 is 0 Å². The molecule has 5 aromatic rings. The molecule has 0 radical (unpaired) electrons. The van der Waals surface area contributed by atoms with Crippen LogP contribution in [0, 0.1) is 0 Å². The number of ether oxygens (including phenoxy) is 1. The number of hydrogen-bond donors (Lipinski definition) is 2. The number of benzene rings is 2. The molecule has 0 atom stereocenters. The van der Waals surface area contributed by atoms with E-state index in [1.165, 1.54) is 5.39 Å². The quantitative estimate of drug-likeness (QED) is 0.496. The second kappa shape index (κ2) is 5.74. The Morgan fingerprint density at radius 2 is 1.81 bits per heavy atom. The lowest BCUT2D eigenvalue weighted by Gasteiger charge is -2.04. The smallest absolute Gasteiger partial charge is 0.137 e. The highest BCUT2D eigenvalue weighted by Gasteiger charge is 2.12. The van der Waals surface area contributed by atoms with Crippen LogP contribution in [0.15, 0.2) is 67.0 Å². The van der Waals surface area contributed by atoms with Crippen molar-refractivity contribution in [3.63, 3.8) is 0 Å². The topological polar surface area (TPSA) is 66.6 Å². The maximum absolute atomic E-state index is 5.29. The maximum atomic E-state index is 5.29. The predicted octanol–water partition coefficient (Wildman–Crippen LogP) is 4.78. The summed E-state index contributed by atoms with van der Waals surface area (Å²) in [5, 5.41) is 9.89. The maximum Gasteiger partial charge on any atom is 0.137 e. The van der Waals surface area contributed by atoms with Crippen LogP contribution in [0.5, 0.6) is 5.75 Å². The summed E-state index contributed by atoms with van der Waals surface area (Å²) >= 11 is 0. The van der Waals surface area contributed by atoms with E-state index in [2.05, 4.69) is 50.5 Å². The molecule has 0 aliphatic rings. The molecule has 2 N–H and O–H groups in total. The number of rotatable bonds is 3. The van der Waals surface area contributed by atoms with Gasteiger partial charge in [-0.05, 0) is 35.9 Å². The van der Waals surface area contributed by atoms with Crippen molar-refractivity contribution in [2.45, 2.75) is 0 Å². The Hall–Kier alpha value is -3.60. The van der Waals surface area contributed by atoms with Gasteiger partial charge in [0.05, 0.1) is 24.5 Å². The minimum absolute atomic E-state index is 0.741. The van der Waals surface area contributed by atoms with Crippen LogP contribution in [0.25, 0.3) is 44.3 Å². The second-order valence-corrected chi connectivity index (χ2v) is 6.22. The lowest BCUT2D eigenvalue weighted by atomic mass is 10.0. The Morgan fingerprint density at radius 3 is 2.69 bits per heavy atom. The van der Waals surface area contributed by atoms with Crippen molar-refractivity contribution < 1.29 is 4.74 Å². The SMILES string of the molecule is COc1cncc(-c2ccc3[nH]nc(-c4cc5ccccc5[nH]4)c3c2)c1. The summed E-state index contributed by atoms with van der Waals surface area (Å²) in [6.07, 6.45) is 3.54. The van der Waals surface area contributed by atoms with Crippen LogP contribution >= 0.6 is 0 Å². The van der Waals surface area contributed by atoms with Crippen LogP contribution in [-0.4, -0.2) is 27.3 Å². The molecule has 0 bridgehead atoms. The normalized spacial score (nSPS) is 11.3. The fourth-order valence-corrected chi connectivity index (χ4v) is 3.29. The number of aromatic amines is 2. The zero-order valence-electron chi connectivity index (χ0n) is 14.2. The molecule has 0 saturated carbocycles. The van der Waals surface area contributed by atoms with Crippen molar-refractivity contribution in [2.75, 3.05) is 7.11 Å². The Labute approximate surface area is 149 Å². The van der Waals surface area contributed by atoms with Gasteiger partial charge in [0.25, 0.3) is 0 Å². The molecule has 0 amide bonds. The van der Waals surface area contributed by atoms with Crippen LogP contribution in [0.3, 0.4) is 0 Å². The van der Waals surface area contributed by atoms with Crippen molar-refractivity contribution in [1.29, 1.82) is 0 Å². The number of nitrogens with zero attached hydrogens (tertiary/aromatic N) is 2. The Kier molecular flexibility index (Phi) is 3.25. The molecule has 5 rings (SSSR count). The third kappa shape index (κ3) is 2.33. The molecule has 0 saturated heterocycles. The van der Waals surface area contributed by atoms with E-state index < -0.39 is 0 Å². The molecule has 3 heterocycles. The molecule has 3 aromatic heterocycles. The fraction of sp³-hybridized carbons (Fsp3) is 0.0476. The van der Waals surface area contributed by atoms with E-state index in [9.17, 15) is 0 Å². The minimum Gasteiger partial charge on any atom is -0.495 e. The van der Waals surface area contributed by atoms with Gasteiger partial charge in [-0.25, -0.2) is 0 Å². The van der Waals surface area contributed by atoms with E-state index in [1.807, 2.05) is 30.5 Å². The Bertz CT molecular complexity index is 1200. The molecule has 0 aliphatic carbocycles. The first kappa shape index (κ1) is 14.7. The summed E-state index contributed by atoms with van der Waals surface area (Å²) in [5.41, 5.74) is 6.09. The molecular weight excluding hydrogens is 324 g/mol. The van der Waals surface area contributed by atoms with E-state index in [0.717, 1.165) is 44.7 Å². The number of para-hydroxylation sites is 1. The van der Waals surface area contributed by atoms with Crippen molar-refractivity contribution in [1.82, 2.24) is 20.2 Å². The fourth-order valence-electron chi connectivity index (χ4n) is 3.29. The first-order valence-corrected chi connectivity index (χ1v) is 8.37. The van der Waals surface area contributed by atoms with Gasteiger partial charge in [-0.2, -0.15) is 5.10 Å². The van der Waals surface area contributed by atoms with Gasteiger partial charge in [-0.15, -0.1) is 0 Å². The number of pyridine rings is 1. The minimum atomic E-state index is 0.741. The lowest BCUT2D eigenvalue weighted by Crippen LogP contribution is -1.86. The number of hydrogen-bond acceptors (Lipinski definition) is 3. The van der Waals surface area contributed by atoms with Crippen molar-refractivity contribution in [2.24, 2.45) is 0 Å². The molecule has 26 heavy (non-hydrogen) atoms. The zero-order valence-corrected chi connectivity index (χ0v) is 14.2. The first-order chi connectivity index (χ1) is 12.8. The molecule has 5 heteroatoms. The lowest BCUT2D eigenvalue weighted by molar-refractivity contribution is 0.413. The average Bonchev–Trinajstić information content (AvgIpc) is 3.31. The van der Waals surface area contributed by atoms with Gasteiger partial charge < -0.3 is 9.72 Å². The number of H-pyrrole nitrogens is 2. The highest BCUT2D eigenvalue weighted by Crippen LogP contribution is 2.32. The van der Waals surface area contributed by atoms with E-state index in [-0.39, 0.29) is 0 Å². The van der Waals surface area contributed by atoms with Crippen molar-refractivity contribution >= 4 is 21.8 Å². The third-order valence-corrected chi connectivity index (χ3v) is 4.63. The van der Waals surface area contributed by atoms with Crippen LogP contribution < -0.4 is 4.74 Å². The number of fused-ring (bicyclic) bond motifs is 2. The zero-order chi connectivity index (χ0) is 17.5. The van der Waals surface area contributed by atoms with Gasteiger partial charge in [0.15, 0.2) is 0 Å². The highest BCUT2D eigenvalue weighted by molar-refractivity contribution is 5.97. The van der Waals surface area contributed by atoms with E-state index in [0.29, 0.717) is 0 Å². The van der Waals surface area contributed by atoms with E-state index in [1.54, 1.807) is 13.3 Å². The van der Waals surface area contributed by atoms with Gasteiger partial charge in [0.1, 0.15) is 11.4 Å². The van der Waals surface area contributed by atoms with Gasteiger partial charge in [0, 0.05) is 28.0 Å². The summed E-state index contributed by atoms with van der Waals surface area (Å²) in [6.45, 7) is 0. The number of aromatic nitrogens is 4. The third-order valence-electron chi connectivity index (χ3n) is 4.63. The summed E-state index contributed by atoms with van der Waals surface area (Å²) in [5.74, 6) is 0.741. The van der Waals surface area contributed by atoms with Gasteiger partial charge in [0.2, 0.25) is 0 Å². The summed E-state index contributed by atoms with van der Waals surface area (Å²) in [6, 6.07) is 18.6. The Balaban J connectivity index is 1.67. The molecule has 0 aliphatic heterocycles. The molecule has 0 spiro atoms. The molecular formula is C21H16N4O. The Morgan fingerprint density at radius 1 is 0.885 bits per heavy atom. The number of methoxy groups -OCH3 is 1. The van der Waals surface area contributed by atoms with Crippen LogP contribution in [0.2, 0.25) is 0 Å². The van der Waals surface area contributed by atoms with E-state index in [4.69, 9.17) is 4.74 Å². The molecule has 2 aromatic carbocycles. The van der Waals surface area contributed by atoms with Crippen molar-refractivity contribution in [3.8, 4) is 28.3 Å². The number of nitrogens with one attached hydrogen (secondary N) is 2. The highest BCUT2D eigenvalue weighted by atomic mass is 16.5. The van der Waals surface area contributed by atoms with Crippen LogP contribution in [-0.2, 0) is 0 Å². The van der Waals surface area contributed by atoms with Crippen molar-refractivity contribution in [3.05, 3.63) is 67.0 Å². The molecule has 0 fully saturated rings. The standard InChI is InChI=1S/C21H16N4O/c1-26-16-8-15(11-22-12-16)13-6-7-19-17(9-13)21(25-24-19)20-10-14-4-2-3-5-18(14)23-20/h2-12,23H,1H3,(H,24,25). The molecule has 0 unspecified atom stereocenters. The monoisotopic (exact) mass is 340 g/mol. The van der Waals surface area contributed by atoms with E-state index >= 15 is 0 Å². The first-order valence-electron chi connectivity index (χ1n) is 8.37. The van der Waals surface area contributed by atoms with Gasteiger partial charge in [-0.1, -0.05) is 24.3 Å². The second-order valence-electron chi connectivity index (χ2n) is 6.22. The summed E-state index contributed by atoms with van der Waals surface area (Å²) < 4.78 is 5.29.